The van der Waals surface area contributed by atoms with E-state index in [9.17, 15) is 24.8 Å². The lowest BCUT2D eigenvalue weighted by atomic mass is 9.99. The predicted molar refractivity (Wildman–Crippen MR) is 144 cm³/mol. The molecule has 38 heavy (non-hydrogen) atoms. The number of nitrogens with zero attached hydrogens (tertiary/aromatic N) is 3. The number of nitro benzene ring substituents is 1. The van der Waals surface area contributed by atoms with Crippen LogP contribution in [0.3, 0.4) is 0 Å². The van der Waals surface area contributed by atoms with Crippen LogP contribution in [0.2, 0.25) is 0 Å². The van der Waals surface area contributed by atoms with E-state index < -0.39 is 22.7 Å². The maximum Gasteiger partial charge on any atom is 0.301 e. The number of hydrogen-bond acceptors (Lipinski definition) is 10. The number of aliphatic hydroxyl groups excluding tert-OH is 1. The molecule has 10 nitrogen and oxygen atoms in total. The lowest BCUT2D eigenvalue weighted by Gasteiger charge is -2.21. The second-order valence-corrected chi connectivity index (χ2v) is 10.1. The summed E-state index contributed by atoms with van der Waals surface area (Å²) >= 11 is 2.38. The van der Waals surface area contributed by atoms with E-state index in [1.807, 2.05) is 6.92 Å². The van der Waals surface area contributed by atoms with Gasteiger partial charge in [0.1, 0.15) is 23.3 Å². The number of aromatic nitrogens is 1. The maximum atomic E-state index is 13.4. The van der Waals surface area contributed by atoms with Crippen LogP contribution >= 0.6 is 22.7 Å². The molecule has 1 unspecified atom stereocenters. The summed E-state index contributed by atoms with van der Waals surface area (Å²) in [6.07, 6.45) is 0. The number of carbonyl (C=O) groups excluding carboxylic acids is 2. The molecule has 1 atom stereocenters. The fourth-order valence-electron chi connectivity index (χ4n) is 4.24. The fourth-order valence-corrected chi connectivity index (χ4v) is 6.09. The van der Waals surface area contributed by atoms with Crippen molar-refractivity contribution in [2.24, 2.45) is 0 Å². The molecule has 0 radical (unpaired) electrons. The molecule has 194 valence electrons. The van der Waals surface area contributed by atoms with Gasteiger partial charge in [-0.25, -0.2) is 4.98 Å². The number of thiazole rings is 1. The van der Waals surface area contributed by atoms with Crippen LogP contribution in [0, 0.1) is 10.1 Å². The van der Waals surface area contributed by atoms with E-state index in [0.29, 0.717) is 39.8 Å². The third-order valence-electron chi connectivity index (χ3n) is 5.85. The number of non-ortho nitro benzene ring substituents is 1. The number of thiophene rings is 1. The molecule has 2 aromatic carbocycles. The van der Waals surface area contributed by atoms with Crippen molar-refractivity contribution in [1.82, 2.24) is 4.98 Å². The molecule has 3 heterocycles. The minimum atomic E-state index is -0.952. The van der Waals surface area contributed by atoms with Crippen molar-refractivity contribution in [3.8, 4) is 11.5 Å². The average Bonchev–Trinajstić information content (AvgIpc) is 3.62. The quantitative estimate of drug-likeness (QED) is 0.0971. The Morgan fingerprint density at radius 2 is 1.92 bits per heavy atom. The topological polar surface area (TPSA) is 132 Å². The standard InChI is InChI=1S/C26H21N3O7S2/c1-3-35-15-8-9-16(18(13-15)36-4-2)23(30)21-22(19-6-5-11-37-19)28(25(32)24(21)31)26-27-17-10-7-14(29(33)34)12-20(17)38-26/h5-13,22,30H,3-4H2,1-2H3/b23-21+. The Hall–Kier alpha value is -4.29. The van der Waals surface area contributed by atoms with Gasteiger partial charge in [-0.15, -0.1) is 11.3 Å². The number of ketones is 1. The van der Waals surface area contributed by atoms with E-state index >= 15 is 0 Å². The molecule has 0 spiro atoms. The van der Waals surface area contributed by atoms with Crippen molar-refractivity contribution in [2.45, 2.75) is 19.9 Å². The van der Waals surface area contributed by atoms with Crippen LogP contribution in [0.25, 0.3) is 16.0 Å². The van der Waals surface area contributed by atoms with Crippen LogP contribution in [0.1, 0.15) is 30.3 Å². The Bertz CT molecular complexity index is 1590. The van der Waals surface area contributed by atoms with Gasteiger partial charge in [-0.3, -0.25) is 24.6 Å². The Balaban J connectivity index is 1.68. The first-order chi connectivity index (χ1) is 18.3. The third-order valence-corrected chi connectivity index (χ3v) is 7.80. The molecule has 1 N–H and O–H groups in total. The van der Waals surface area contributed by atoms with Crippen LogP contribution in [0.4, 0.5) is 10.8 Å². The zero-order chi connectivity index (χ0) is 27.0. The number of aliphatic hydroxyl groups is 1. The van der Waals surface area contributed by atoms with Gasteiger partial charge in [0.2, 0.25) is 0 Å². The van der Waals surface area contributed by atoms with E-state index in [2.05, 4.69) is 4.98 Å². The van der Waals surface area contributed by atoms with Gasteiger partial charge in [0, 0.05) is 23.1 Å². The minimum absolute atomic E-state index is 0.104. The molecule has 12 heteroatoms. The summed E-state index contributed by atoms with van der Waals surface area (Å²) in [5.74, 6) is -1.27. The van der Waals surface area contributed by atoms with Gasteiger partial charge >= 0.3 is 5.91 Å². The van der Waals surface area contributed by atoms with Crippen molar-refractivity contribution >= 4 is 61.2 Å². The van der Waals surface area contributed by atoms with Crippen molar-refractivity contribution in [3.63, 3.8) is 0 Å². The fraction of sp³-hybridized carbons (Fsp3) is 0.192. The van der Waals surface area contributed by atoms with Gasteiger partial charge in [-0.05, 0) is 43.5 Å². The van der Waals surface area contributed by atoms with Crippen molar-refractivity contribution in [1.29, 1.82) is 0 Å². The van der Waals surface area contributed by atoms with Crippen molar-refractivity contribution in [3.05, 3.63) is 80.0 Å². The first-order valence-electron chi connectivity index (χ1n) is 11.6. The minimum Gasteiger partial charge on any atom is -0.507 e. The highest BCUT2D eigenvalue weighted by Crippen LogP contribution is 2.46. The number of ether oxygens (including phenoxy) is 2. The van der Waals surface area contributed by atoms with Crippen molar-refractivity contribution < 1.29 is 29.1 Å². The summed E-state index contributed by atoms with van der Waals surface area (Å²) in [5.41, 5.74) is 0.485. The summed E-state index contributed by atoms with van der Waals surface area (Å²) in [5, 5.41) is 24.7. The molecule has 1 amide bonds. The normalized spacial score (nSPS) is 16.8. The van der Waals surface area contributed by atoms with Gasteiger partial charge in [0.05, 0.1) is 39.5 Å². The molecule has 1 aliphatic rings. The summed E-state index contributed by atoms with van der Waals surface area (Å²) < 4.78 is 11.8. The van der Waals surface area contributed by atoms with Gasteiger partial charge in [-0.1, -0.05) is 17.4 Å². The van der Waals surface area contributed by atoms with Crippen LogP contribution in [0.5, 0.6) is 11.5 Å². The number of hydrogen-bond donors (Lipinski definition) is 1. The smallest absolute Gasteiger partial charge is 0.301 e. The molecule has 4 aromatic rings. The number of Topliss-reactive ketones (excluding diaryl/α,β-unsaturated/α-hetero) is 1. The second-order valence-electron chi connectivity index (χ2n) is 8.11. The zero-order valence-electron chi connectivity index (χ0n) is 20.2. The molecular formula is C26H21N3O7S2. The molecule has 0 saturated carbocycles. The second kappa shape index (κ2) is 10.2. The summed E-state index contributed by atoms with van der Waals surface area (Å²) in [6, 6.07) is 11.7. The number of amides is 1. The lowest BCUT2D eigenvalue weighted by Crippen LogP contribution is -2.28. The highest BCUT2D eigenvalue weighted by molar-refractivity contribution is 7.22. The van der Waals surface area contributed by atoms with Crippen LogP contribution in [0.15, 0.2) is 59.5 Å². The van der Waals surface area contributed by atoms with Gasteiger partial charge in [0.25, 0.3) is 11.5 Å². The van der Waals surface area contributed by atoms with Gasteiger partial charge in [-0.2, -0.15) is 0 Å². The van der Waals surface area contributed by atoms with Crippen LogP contribution in [-0.2, 0) is 9.59 Å². The molecule has 2 aromatic heterocycles. The SMILES string of the molecule is CCOc1ccc(/C(O)=C2\C(=O)C(=O)N(c3nc4ccc([N+](=O)[O-])cc4s3)C2c2cccs2)c(OCC)c1. The Morgan fingerprint density at radius 3 is 2.61 bits per heavy atom. The van der Waals surface area contributed by atoms with E-state index in [4.69, 9.17) is 9.47 Å². The van der Waals surface area contributed by atoms with E-state index in [1.165, 1.54) is 34.4 Å². The highest BCUT2D eigenvalue weighted by Gasteiger charge is 2.49. The molecule has 5 rings (SSSR count). The number of fused-ring (bicyclic) bond motifs is 1. The maximum absolute atomic E-state index is 13.4. The molecule has 0 aliphatic carbocycles. The Kier molecular flexibility index (Phi) is 6.83. The van der Waals surface area contributed by atoms with E-state index in [1.54, 1.807) is 42.6 Å². The van der Waals surface area contributed by atoms with Gasteiger partial charge in [0.15, 0.2) is 5.13 Å². The number of rotatable bonds is 8. The highest BCUT2D eigenvalue weighted by atomic mass is 32.1. The summed E-state index contributed by atoms with van der Waals surface area (Å²) in [4.78, 5) is 43.9. The van der Waals surface area contributed by atoms with Crippen molar-refractivity contribution in [2.75, 3.05) is 18.1 Å². The number of nitro groups is 1. The summed E-state index contributed by atoms with van der Waals surface area (Å²) in [7, 11) is 0. The molecule has 1 saturated heterocycles. The van der Waals surface area contributed by atoms with Gasteiger partial charge < -0.3 is 14.6 Å². The number of benzene rings is 2. The van der Waals surface area contributed by atoms with E-state index in [-0.39, 0.29) is 27.7 Å². The lowest BCUT2D eigenvalue weighted by molar-refractivity contribution is -0.384. The average molecular weight is 552 g/mol. The Morgan fingerprint density at radius 1 is 1.13 bits per heavy atom. The molecule has 0 bridgehead atoms. The van der Waals surface area contributed by atoms with Crippen LogP contribution < -0.4 is 14.4 Å². The summed E-state index contributed by atoms with van der Waals surface area (Å²) in [6.45, 7) is 4.37. The predicted octanol–water partition coefficient (Wildman–Crippen LogP) is 5.69. The number of carbonyl (C=O) groups is 2. The third kappa shape index (κ3) is 4.37. The molecular weight excluding hydrogens is 530 g/mol. The monoisotopic (exact) mass is 551 g/mol. The largest absolute Gasteiger partial charge is 0.507 e. The van der Waals surface area contributed by atoms with Crippen LogP contribution in [-0.4, -0.2) is 39.9 Å². The first-order valence-corrected chi connectivity index (χ1v) is 13.3. The number of anilines is 1. The molecule has 1 fully saturated rings. The first kappa shape index (κ1) is 25.4. The van der Waals surface area contributed by atoms with E-state index in [0.717, 1.165) is 11.3 Å². The molecule has 1 aliphatic heterocycles. The zero-order valence-corrected chi connectivity index (χ0v) is 21.9. The Labute approximate surface area is 224 Å².